The number of fused-ring (bicyclic) bond motifs is 1. The molecule has 0 aromatic carbocycles. The van der Waals surface area contributed by atoms with Crippen LogP contribution in [0.2, 0.25) is 0 Å². The molecule has 0 atom stereocenters. The Morgan fingerprint density at radius 2 is 2.43 bits per heavy atom. The van der Waals surface area contributed by atoms with Gasteiger partial charge in [0.15, 0.2) is 0 Å². The van der Waals surface area contributed by atoms with Crippen molar-refractivity contribution >= 4 is 11.3 Å². The first-order valence-electron chi connectivity index (χ1n) is 4.94. The van der Waals surface area contributed by atoms with Crippen molar-refractivity contribution in [3.63, 3.8) is 0 Å². The summed E-state index contributed by atoms with van der Waals surface area (Å²) in [6.07, 6.45) is 4.59. The predicted molar refractivity (Wildman–Crippen MR) is 58.6 cm³/mol. The second kappa shape index (κ2) is 2.95. The first-order chi connectivity index (χ1) is 6.83. The van der Waals surface area contributed by atoms with Crippen LogP contribution in [0.4, 0.5) is 0 Å². The number of aryl methyl sites for hydroxylation is 3. The van der Waals surface area contributed by atoms with E-state index in [0.29, 0.717) is 0 Å². The van der Waals surface area contributed by atoms with Crippen molar-refractivity contribution in [2.75, 3.05) is 0 Å². The molecule has 0 spiro atoms. The van der Waals surface area contributed by atoms with E-state index in [1.807, 2.05) is 0 Å². The van der Waals surface area contributed by atoms with Gasteiger partial charge in [-0.3, -0.25) is 0 Å². The summed E-state index contributed by atoms with van der Waals surface area (Å²) in [6.45, 7) is 3.27. The highest BCUT2D eigenvalue weighted by Gasteiger charge is 2.14. The molecule has 2 nitrogen and oxygen atoms in total. The zero-order valence-electron chi connectivity index (χ0n) is 8.16. The van der Waals surface area contributed by atoms with Crippen LogP contribution in [0.3, 0.4) is 0 Å². The summed E-state index contributed by atoms with van der Waals surface area (Å²) < 4.78 is 2.28. The second-order valence-electron chi connectivity index (χ2n) is 3.83. The number of imidazole rings is 1. The average molecular weight is 204 g/mol. The van der Waals surface area contributed by atoms with Crippen molar-refractivity contribution in [3.8, 4) is 10.6 Å². The highest BCUT2D eigenvalue weighted by molar-refractivity contribution is 7.13. The monoisotopic (exact) mass is 204 g/mol. The van der Waals surface area contributed by atoms with Crippen molar-refractivity contribution in [1.82, 2.24) is 9.55 Å². The van der Waals surface area contributed by atoms with Gasteiger partial charge in [-0.05, 0) is 30.4 Å². The SMILES string of the molecule is Cc1csc(-c2cn3c(n2)CCC3)c1. The highest BCUT2D eigenvalue weighted by atomic mass is 32.1. The fourth-order valence-electron chi connectivity index (χ4n) is 1.94. The fraction of sp³-hybridized carbons (Fsp3) is 0.364. The van der Waals surface area contributed by atoms with Gasteiger partial charge in [-0.2, -0.15) is 0 Å². The first-order valence-corrected chi connectivity index (χ1v) is 5.82. The van der Waals surface area contributed by atoms with Crippen molar-refractivity contribution in [2.24, 2.45) is 0 Å². The topological polar surface area (TPSA) is 17.8 Å². The molecule has 0 saturated carbocycles. The lowest BCUT2D eigenvalue weighted by atomic mass is 10.3. The smallest absolute Gasteiger partial charge is 0.109 e. The Bertz CT molecular complexity index is 446. The molecule has 0 aliphatic carbocycles. The molecule has 3 heterocycles. The minimum absolute atomic E-state index is 1.14. The molecule has 0 saturated heterocycles. The quantitative estimate of drug-likeness (QED) is 0.698. The number of rotatable bonds is 1. The zero-order valence-corrected chi connectivity index (χ0v) is 8.97. The summed E-state index contributed by atoms with van der Waals surface area (Å²) in [7, 11) is 0. The van der Waals surface area contributed by atoms with Crippen molar-refractivity contribution in [2.45, 2.75) is 26.3 Å². The van der Waals surface area contributed by atoms with Crippen LogP contribution in [0.5, 0.6) is 0 Å². The van der Waals surface area contributed by atoms with Crippen LogP contribution >= 0.6 is 11.3 Å². The van der Waals surface area contributed by atoms with Gasteiger partial charge in [0.05, 0.1) is 10.6 Å². The summed E-state index contributed by atoms with van der Waals surface area (Å²) in [4.78, 5) is 5.94. The van der Waals surface area contributed by atoms with E-state index in [-0.39, 0.29) is 0 Å². The molecule has 3 heteroatoms. The van der Waals surface area contributed by atoms with Gasteiger partial charge in [-0.15, -0.1) is 11.3 Å². The predicted octanol–water partition coefficient (Wildman–Crippen LogP) is 2.87. The number of hydrogen-bond acceptors (Lipinski definition) is 2. The second-order valence-corrected chi connectivity index (χ2v) is 4.74. The number of thiophene rings is 1. The minimum atomic E-state index is 1.14. The lowest BCUT2D eigenvalue weighted by Crippen LogP contribution is -1.87. The Kier molecular flexibility index (Phi) is 1.74. The van der Waals surface area contributed by atoms with E-state index in [1.165, 1.54) is 22.7 Å². The van der Waals surface area contributed by atoms with E-state index < -0.39 is 0 Å². The molecular formula is C11H12N2S. The molecule has 0 N–H and O–H groups in total. The Morgan fingerprint density at radius 3 is 3.14 bits per heavy atom. The molecule has 0 radical (unpaired) electrons. The summed E-state index contributed by atoms with van der Waals surface area (Å²) >= 11 is 1.78. The van der Waals surface area contributed by atoms with E-state index in [0.717, 1.165) is 18.7 Å². The molecule has 72 valence electrons. The molecule has 2 aromatic heterocycles. The fourth-order valence-corrected chi connectivity index (χ4v) is 2.79. The largest absolute Gasteiger partial charge is 0.334 e. The van der Waals surface area contributed by atoms with Gasteiger partial charge in [0.25, 0.3) is 0 Å². The number of hydrogen-bond donors (Lipinski definition) is 0. The highest BCUT2D eigenvalue weighted by Crippen LogP contribution is 2.27. The van der Waals surface area contributed by atoms with Crippen LogP contribution in [-0.2, 0) is 13.0 Å². The molecule has 1 aliphatic rings. The molecule has 0 fully saturated rings. The van der Waals surface area contributed by atoms with Crippen LogP contribution in [0, 0.1) is 6.92 Å². The third-order valence-corrected chi connectivity index (χ3v) is 3.71. The van der Waals surface area contributed by atoms with Crippen LogP contribution in [0.1, 0.15) is 17.8 Å². The molecule has 1 aliphatic heterocycles. The van der Waals surface area contributed by atoms with Gasteiger partial charge in [-0.25, -0.2) is 4.98 Å². The Hall–Kier alpha value is -1.09. The molecule has 2 aromatic rings. The molecule has 14 heavy (non-hydrogen) atoms. The normalized spacial score (nSPS) is 14.6. The van der Waals surface area contributed by atoms with Crippen molar-refractivity contribution < 1.29 is 0 Å². The Balaban J connectivity index is 2.05. The van der Waals surface area contributed by atoms with Gasteiger partial charge in [0.2, 0.25) is 0 Å². The summed E-state index contributed by atoms with van der Waals surface area (Å²) in [5, 5.41) is 2.18. The van der Waals surface area contributed by atoms with E-state index in [2.05, 4.69) is 34.1 Å². The van der Waals surface area contributed by atoms with Gasteiger partial charge < -0.3 is 4.57 Å². The third kappa shape index (κ3) is 1.20. The average Bonchev–Trinajstić information content (AvgIpc) is 2.75. The maximum absolute atomic E-state index is 4.65. The van der Waals surface area contributed by atoms with Crippen molar-refractivity contribution in [1.29, 1.82) is 0 Å². The summed E-state index contributed by atoms with van der Waals surface area (Å²) in [5.41, 5.74) is 2.48. The molecule has 0 unspecified atom stereocenters. The molecular weight excluding hydrogens is 192 g/mol. The number of aromatic nitrogens is 2. The standard InChI is InChI=1S/C11H12N2S/c1-8-5-10(14-7-8)9-6-13-4-2-3-11(13)12-9/h5-7H,2-4H2,1H3. The van der Waals surface area contributed by atoms with Gasteiger partial charge in [-0.1, -0.05) is 0 Å². The van der Waals surface area contributed by atoms with Gasteiger partial charge in [0.1, 0.15) is 5.82 Å². The molecule has 0 bridgehead atoms. The van der Waals surface area contributed by atoms with Crippen LogP contribution < -0.4 is 0 Å². The zero-order chi connectivity index (χ0) is 9.54. The Morgan fingerprint density at radius 1 is 1.50 bits per heavy atom. The van der Waals surface area contributed by atoms with E-state index in [4.69, 9.17) is 0 Å². The summed E-state index contributed by atoms with van der Waals surface area (Å²) in [6, 6.07) is 2.21. The minimum Gasteiger partial charge on any atom is -0.334 e. The number of nitrogens with zero attached hydrogens (tertiary/aromatic N) is 2. The van der Waals surface area contributed by atoms with Crippen LogP contribution in [0.15, 0.2) is 17.6 Å². The first kappa shape index (κ1) is 8.24. The van der Waals surface area contributed by atoms with E-state index >= 15 is 0 Å². The third-order valence-electron chi connectivity index (χ3n) is 2.64. The maximum atomic E-state index is 4.65. The maximum Gasteiger partial charge on any atom is 0.109 e. The van der Waals surface area contributed by atoms with Gasteiger partial charge in [0, 0.05) is 19.2 Å². The van der Waals surface area contributed by atoms with Crippen LogP contribution in [0.25, 0.3) is 10.6 Å². The summed E-state index contributed by atoms with van der Waals surface area (Å²) in [5.74, 6) is 1.26. The van der Waals surface area contributed by atoms with Crippen LogP contribution in [-0.4, -0.2) is 9.55 Å². The van der Waals surface area contributed by atoms with Crippen molar-refractivity contribution in [3.05, 3.63) is 29.0 Å². The van der Waals surface area contributed by atoms with E-state index in [9.17, 15) is 0 Å². The van der Waals surface area contributed by atoms with Gasteiger partial charge >= 0.3 is 0 Å². The lowest BCUT2D eigenvalue weighted by Gasteiger charge is -1.90. The Labute approximate surface area is 87.2 Å². The molecule has 3 rings (SSSR count). The molecule has 0 amide bonds. The lowest BCUT2D eigenvalue weighted by molar-refractivity contribution is 0.750. The van der Waals surface area contributed by atoms with E-state index in [1.54, 1.807) is 11.3 Å².